The summed E-state index contributed by atoms with van der Waals surface area (Å²) in [4.78, 5) is 5.24. The minimum absolute atomic E-state index is 0.0137. The summed E-state index contributed by atoms with van der Waals surface area (Å²) in [6, 6.07) is 3.15. The van der Waals surface area contributed by atoms with Crippen LogP contribution in [-0.4, -0.2) is 61.7 Å². The first-order valence-electron chi connectivity index (χ1n) is 7.87. The van der Waals surface area contributed by atoms with E-state index in [1.165, 1.54) is 58.3 Å². The number of rotatable bonds is 5. The van der Waals surface area contributed by atoms with E-state index >= 15 is 0 Å². The van der Waals surface area contributed by atoms with Crippen molar-refractivity contribution in [3.05, 3.63) is 0 Å². The minimum atomic E-state index is 0.0137. The summed E-state index contributed by atoms with van der Waals surface area (Å²) in [5.74, 6) is 0. The van der Waals surface area contributed by atoms with E-state index in [-0.39, 0.29) is 6.04 Å². The number of nitrogens with zero attached hydrogens (tertiary/aromatic N) is 3. The van der Waals surface area contributed by atoms with Crippen LogP contribution >= 0.6 is 0 Å². The van der Waals surface area contributed by atoms with Gasteiger partial charge in [0, 0.05) is 12.6 Å². The summed E-state index contributed by atoms with van der Waals surface area (Å²) < 4.78 is 0. The molecule has 19 heavy (non-hydrogen) atoms. The molecule has 2 rings (SSSR count). The molecule has 0 aromatic carbocycles. The molecule has 1 N–H and O–H groups in total. The molecule has 0 aliphatic carbocycles. The van der Waals surface area contributed by atoms with Crippen molar-refractivity contribution in [2.24, 2.45) is 0 Å². The van der Waals surface area contributed by atoms with Gasteiger partial charge in [0.1, 0.15) is 0 Å². The normalized spacial score (nSPS) is 25.1. The summed E-state index contributed by atoms with van der Waals surface area (Å²) in [7, 11) is 1.87. The first-order valence-corrected chi connectivity index (χ1v) is 7.87. The molecule has 1 atom stereocenters. The second-order valence-electron chi connectivity index (χ2n) is 5.93. The van der Waals surface area contributed by atoms with Crippen molar-refractivity contribution in [2.75, 3.05) is 39.8 Å². The van der Waals surface area contributed by atoms with E-state index < -0.39 is 0 Å². The van der Waals surface area contributed by atoms with Gasteiger partial charge in [-0.3, -0.25) is 0 Å². The molecule has 0 amide bonds. The van der Waals surface area contributed by atoms with Crippen LogP contribution in [0.2, 0.25) is 0 Å². The van der Waals surface area contributed by atoms with Crippen molar-refractivity contribution >= 4 is 0 Å². The molecule has 0 aromatic heterocycles. The SMILES string of the molecule is CNC(C#N)CCN1CCC(N2CCCCC2)CC1. The fraction of sp³-hybridized carbons (Fsp3) is 0.933. The molecule has 0 bridgehead atoms. The van der Waals surface area contributed by atoms with Gasteiger partial charge in [0.05, 0.1) is 12.1 Å². The highest BCUT2D eigenvalue weighted by Crippen LogP contribution is 2.20. The van der Waals surface area contributed by atoms with Gasteiger partial charge in [0.25, 0.3) is 0 Å². The molecule has 0 spiro atoms. The lowest BCUT2D eigenvalue weighted by atomic mass is 9.99. The number of hydrogen-bond acceptors (Lipinski definition) is 4. The van der Waals surface area contributed by atoms with Gasteiger partial charge < -0.3 is 15.1 Å². The average molecular weight is 264 g/mol. The van der Waals surface area contributed by atoms with Gasteiger partial charge in [0.15, 0.2) is 0 Å². The molecule has 2 saturated heterocycles. The molecule has 0 radical (unpaired) electrons. The van der Waals surface area contributed by atoms with Crippen LogP contribution in [0.25, 0.3) is 0 Å². The molecule has 1 unspecified atom stereocenters. The van der Waals surface area contributed by atoms with Crippen LogP contribution in [0.1, 0.15) is 38.5 Å². The highest BCUT2D eigenvalue weighted by atomic mass is 15.2. The average Bonchev–Trinajstić information content (AvgIpc) is 2.50. The molecule has 2 heterocycles. The first kappa shape index (κ1) is 14.8. The number of nitriles is 1. The Bertz CT molecular complexity index is 285. The maximum Gasteiger partial charge on any atom is 0.0962 e. The number of nitrogens with one attached hydrogen (secondary N) is 1. The lowest BCUT2D eigenvalue weighted by Gasteiger charge is -2.40. The Kier molecular flexibility index (Phi) is 6.09. The summed E-state index contributed by atoms with van der Waals surface area (Å²) in [5, 5.41) is 12.0. The molecule has 2 fully saturated rings. The molecule has 0 saturated carbocycles. The van der Waals surface area contributed by atoms with Crippen LogP contribution < -0.4 is 5.32 Å². The monoisotopic (exact) mass is 264 g/mol. The summed E-state index contributed by atoms with van der Waals surface area (Å²) in [5.41, 5.74) is 0. The van der Waals surface area contributed by atoms with Crippen molar-refractivity contribution in [1.82, 2.24) is 15.1 Å². The van der Waals surface area contributed by atoms with E-state index in [0.717, 1.165) is 19.0 Å². The maximum atomic E-state index is 8.93. The number of hydrogen-bond donors (Lipinski definition) is 1. The largest absolute Gasteiger partial charge is 0.305 e. The molecule has 0 aromatic rings. The third kappa shape index (κ3) is 4.45. The third-order valence-corrected chi connectivity index (χ3v) is 4.70. The summed E-state index contributed by atoms with van der Waals surface area (Å²) >= 11 is 0. The van der Waals surface area contributed by atoms with Crippen LogP contribution in [0.4, 0.5) is 0 Å². The predicted molar refractivity (Wildman–Crippen MR) is 78.0 cm³/mol. The number of likely N-dealkylation sites (tertiary alicyclic amines) is 2. The fourth-order valence-electron chi connectivity index (χ4n) is 3.38. The van der Waals surface area contributed by atoms with Gasteiger partial charge >= 0.3 is 0 Å². The van der Waals surface area contributed by atoms with Gasteiger partial charge in [-0.15, -0.1) is 0 Å². The Morgan fingerprint density at radius 2 is 1.84 bits per heavy atom. The Hall–Kier alpha value is -0.630. The highest BCUT2D eigenvalue weighted by Gasteiger charge is 2.25. The van der Waals surface area contributed by atoms with Gasteiger partial charge in [-0.05, 0) is 65.3 Å². The molecule has 4 heteroatoms. The van der Waals surface area contributed by atoms with E-state index in [4.69, 9.17) is 5.26 Å². The standard InChI is InChI=1S/C15H28N4/c1-17-14(13-16)5-10-18-11-6-15(7-12-18)19-8-3-2-4-9-19/h14-15,17H,2-12H2,1H3. The zero-order chi connectivity index (χ0) is 13.5. The van der Waals surface area contributed by atoms with E-state index in [1.807, 2.05) is 7.05 Å². The Labute approximate surface area is 117 Å². The number of piperidine rings is 2. The van der Waals surface area contributed by atoms with Crippen LogP contribution in [0.15, 0.2) is 0 Å². The zero-order valence-electron chi connectivity index (χ0n) is 12.3. The molecule has 108 valence electrons. The molecular formula is C15H28N4. The summed E-state index contributed by atoms with van der Waals surface area (Å²) in [6.45, 7) is 6.12. The van der Waals surface area contributed by atoms with Crippen molar-refractivity contribution in [2.45, 2.75) is 50.6 Å². The van der Waals surface area contributed by atoms with Crippen LogP contribution in [0.3, 0.4) is 0 Å². The van der Waals surface area contributed by atoms with Crippen molar-refractivity contribution in [3.63, 3.8) is 0 Å². The van der Waals surface area contributed by atoms with Gasteiger partial charge in [0.2, 0.25) is 0 Å². The smallest absolute Gasteiger partial charge is 0.0962 e. The van der Waals surface area contributed by atoms with Gasteiger partial charge in [-0.2, -0.15) is 5.26 Å². The maximum absolute atomic E-state index is 8.93. The van der Waals surface area contributed by atoms with Crippen molar-refractivity contribution in [1.29, 1.82) is 5.26 Å². The minimum Gasteiger partial charge on any atom is -0.305 e. The zero-order valence-corrected chi connectivity index (χ0v) is 12.3. The topological polar surface area (TPSA) is 42.3 Å². The van der Waals surface area contributed by atoms with Crippen molar-refractivity contribution < 1.29 is 0 Å². The summed E-state index contributed by atoms with van der Waals surface area (Å²) in [6.07, 6.45) is 7.79. The Morgan fingerprint density at radius 1 is 1.16 bits per heavy atom. The van der Waals surface area contributed by atoms with Crippen LogP contribution in [0, 0.1) is 11.3 Å². The first-order chi connectivity index (χ1) is 9.33. The van der Waals surface area contributed by atoms with E-state index in [2.05, 4.69) is 21.2 Å². The molecule has 2 aliphatic rings. The van der Waals surface area contributed by atoms with Gasteiger partial charge in [-0.25, -0.2) is 0 Å². The van der Waals surface area contributed by atoms with Gasteiger partial charge in [-0.1, -0.05) is 6.42 Å². The lowest BCUT2D eigenvalue weighted by Crippen LogP contribution is -2.47. The van der Waals surface area contributed by atoms with Crippen LogP contribution in [0.5, 0.6) is 0 Å². The van der Waals surface area contributed by atoms with Crippen LogP contribution in [-0.2, 0) is 0 Å². The molecular weight excluding hydrogens is 236 g/mol. The Morgan fingerprint density at radius 3 is 2.42 bits per heavy atom. The van der Waals surface area contributed by atoms with E-state index in [9.17, 15) is 0 Å². The quantitative estimate of drug-likeness (QED) is 0.816. The second-order valence-corrected chi connectivity index (χ2v) is 5.93. The van der Waals surface area contributed by atoms with Crippen molar-refractivity contribution in [3.8, 4) is 6.07 Å². The highest BCUT2D eigenvalue weighted by molar-refractivity contribution is 4.90. The Balaban J connectivity index is 1.66. The molecule has 4 nitrogen and oxygen atoms in total. The van der Waals surface area contributed by atoms with E-state index in [0.29, 0.717) is 0 Å². The predicted octanol–water partition coefficient (Wildman–Crippen LogP) is 1.44. The second kappa shape index (κ2) is 7.84. The van der Waals surface area contributed by atoms with E-state index in [1.54, 1.807) is 0 Å². The fourth-order valence-corrected chi connectivity index (χ4v) is 3.38. The molecule has 2 aliphatic heterocycles. The third-order valence-electron chi connectivity index (χ3n) is 4.70. The lowest BCUT2D eigenvalue weighted by molar-refractivity contribution is 0.0915.